The van der Waals surface area contributed by atoms with Crippen LogP contribution in [0, 0.1) is 0 Å². The van der Waals surface area contributed by atoms with Crippen molar-refractivity contribution >= 4 is 33.3 Å². The second kappa shape index (κ2) is 9.49. The minimum Gasteiger partial charge on any atom is -0.488 e. The van der Waals surface area contributed by atoms with Gasteiger partial charge in [0, 0.05) is 18.1 Å². The maximum Gasteiger partial charge on any atom is 0.309 e. The summed E-state index contributed by atoms with van der Waals surface area (Å²) < 4.78 is 34.0. The van der Waals surface area contributed by atoms with E-state index in [2.05, 4.69) is 0 Å². The molecule has 7 nitrogen and oxygen atoms in total. The van der Waals surface area contributed by atoms with Gasteiger partial charge in [-0.3, -0.25) is 9.59 Å². The molecule has 0 aliphatic carbocycles. The summed E-state index contributed by atoms with van der Waals surface area (Å²) in [5.41, 5.74) is 1.76. The number of methoxy groups -OCH3 is 1. The average Bonchev–Trinajstić information content (AvgIpc) is 2.73. The predicted molar refractivity (Wildman–Crippen MR) is 113 cm³/mol. The van der Waals surface area contributed by atoms with E-state index in [1.807, 2.05) is 12.1 Å². The van der Waals surface area contributed by atoms with E-state index in [0.29, 0.717) is 16.3 Å². The average molecular weight is 452 g/mol. The molecule has 0 bridgehead atoms. The number of esters is 1. The molecule has 3 rings (SSSR count). The molecule has 1 heterocycles. The number of carbonyl (C=O) groups is 2. The van der Waals surface area contributed by atoms with Gasteiger partial charge >= 0.3 is 5.97 Å². The molecular formula is C21H22ClNO6S. The number of hydrogen-bond acceptors (Lipinski definition) is 6. The van der Waals surface area contributed by atoms with E-state index in [1.165, 1.54) is 12.0 Å². The number of ether oxygens (including phenoxy) is 2. The second-order valence-corrected chi connectivity index (χ2v) is 9.68. The lowest BCUT2D eigenvalue weighted by Crippen LogP contribution is -2.43. The lowest BCUT2D eigenvalue weighted by molar-refractivity contribution is -0.139. The molecule has 1 aliphatic rings. The third kappa shape index (κ3) is 5.73. The third-order valence-corrected chi connectivity index (χ3v) is 6.65. The summed E-state index contributed by atoms with van der Waals surface area (Å²) in [6.45, 7) is 0.472. The van der Waals surface area contributed by atoms with Crippen molar-refractivity contribution in [3.63, 3.8) is 0 Å². The van der Waals surface area contributed by atoms with Crippen LogP contribution in [0.1, 0.15) is 21.5 Å². The number of amides is 1. The Balaban J connectivity index is 1.84. The summed E-state index contributed by atoms with van der Waals surface area (Å²) in [7, 11) is -1.82. The molecule has 0 spiro atoms. The minimum atomic E-state index is -3.12. The number of halogens is 1. The van der Waals surface area contributed by atoms with E-state index < -0.39 is 15.8 Å². The fourth-order valence-corrected chi connectivity index (χ4v) is 4.37. The summed E-state index contributed by atoms with van der Waals surface area (Å²) in [4.78, 5) is 26.2. The van der Waals surface area contributed by atoms with Crippen molar-refractivity contribution < 1.29 is 27.5 Å². The molecule has 0 atom stereocenters. The maximum atomic E-state index is 13.1. The zero-order valence-corrected chi connectivity index (χ0v) is 18.0. The zero-order valence-electron chi connectivity index (χ0n) is 16.5. The molecular weight excluding hydrogens is 430 g/mol. The van der Waals surface area contributed by atoms with Crippen molar-refractivity contribution in [2.45, 2.75) is 13.0 Å². The Morgan fingerprint density at radius 1 is 1.03 bits per heavy atom. The number of nitrogens with zero attached hydrogens (tertiary/aromatic N) is 1. The van der Waals surface area contributed by atoms with E-state index in [4.69, 9.17) is 21.1 Å². The van der Waals surface area contributed by atoms with Gasteiger partial charge in [-0.15, -0.1) is 0 Å². The van der Waals surface area contributed by atoms with Crippen molar-refractivity contribution in [3.8, 4) is 5.75 Å². The highest BCUT2D eigenvalue weighted by atomic mass is 35.5. The number of benzene rings is 2. The fourth-order valence-electron chi connectivity index (χ4n) is 3.05. The van der Waals surface area contributed by atoms with E-state index in [0.717, 1.165) is 5.56 Å². The van der Waals surface area contributed by atoms with E-state index >= 15 is 0 Å². The Bertz CT molecular complexity index is 1020. The van der Waals surface area contributed by atoms with Gasteiger partial charge in [-0.05, 0) is 35.4 Å². The molecule has 1 aliphatic heterocycles. The van der Waals surface area contributed by atoms with Crippen molar-refractivity contribution in [2.24, 2.45) is 0 Å². The van der Waals surface area contributed by atoms with Gasteiger partial charge in [0.05, 0.1) is 30.6 Å². The summed E-state index contributed by atoms with van der Waals surface area (Å²) in [6.07, 6.45) is 0.0165. The Hall–Kier alpha value is -2.58. The van der Waals surface area contributed by atoms with Crippen LogP contribution in [0.3, 0.4) is 0 Å². The standard InChI is InChI=1S/C21H22ClNO6S/c1-28-20(24)13-16-4-7-19(29-14-15-2-5-17(22)6-3-15)18(12-16)21(25)23-8-10-30(26,27)11-9-23/h2-7,12H,8-11,13-14H2,1H3. The van der Waals surface area contributed by atoms with E-state index in [1.54, 1.807) is 30.3 Å². The van der Waals surface area contributed by atoms with Crippen LogP contribution in [0.5, 0.6) is 5.75 Å². The first-order valence-electron chi connectivity index (χ1n) is 9.34. The van der Waals surface area contributed by atoms with Gasteiger partial charge in [-0.1, -0.05) is 29.8 Å². The van der Waals surface area contributed by atoms with Gasteiger partial charge in [-0.25, -0.2) is 8.42 Å². The Labute approximate surface area is 180 Å². The van der Waals surface area contributed by atoms with Crippen LogP contribution in [-0.4, -0.2) is 56.9 Å². The molecule has 2 aromatic rings. The topological polar surface area (TPSA) is 90.0 Å². The second-order valence-electron chi connectivity index (χ2n) is 6.94. The summed E-state index contributed by atoms with van der Waals surface area (Å²) in [6, 6.07) is 12.1. The molecule has 1 amide bonds. The Kier molecular flexibility index (Phi) is 6.99. The summed E-state index contributed by atoms with van der Waals surface area (Å²) in [5, 5.41) is 0.613. The highest BCUT2D eigenvalue weighted by Crippen LogP contribution is 2.25. The number of rotatable bonds is 6. The first kappa shape index (κ1) is 22.1. The van der Waals surface area contributed by atoms with Crippen LogP contribution in [0.25, 0.3) is 0 Å². The molecule has 160 valence electrons. The Morgan fingerprint density at radius 2 is 1.67 bits per heavy atom. The molecule has 0 aromatic heterocycles. The van der Waals surface area contributed by atoms with Crippen molar-refractivity contribution in [1.29, 1.82) is 0 Å². The van der Waals surface area contributed by atoms with Gasteiger partial charge < -0.3 is 14.4 Å². The normalized spacial score (nSPS) is 15.5. The Morgan fingerprint density at radius 3 is 2.30 bits per heavy atom. The highest BCUT2D eigenvalue weighted by Gasteiger charge is 2.27. The summed E-state index contributed by atoms with van der Waals surface area (Å²) in [5.74, 6) is -0.532. The van der Waals surface area contributed by atoms with Crippen LogP contribution in [-0.2, 0) is 32.4 Å². The van der Waals surface area contributed by atoms with Crippen molar-refractivity contribution in [3.05, 3.63) is 64.2 Å². The monoisotopic (exact) mass is 451 g/mol. The molecule has 0 unspecified atom stereocenters. The van der Waals surface area contributed by atoms with Crippen LogP contribution in [0.2, 0.25) is 5.02 Å². The lowest BCUT2D eigenvalue weighted by atomic mass is 10.1. The van der Waals surface area contributed by atoms with Crippen LogP contribution >= 0.6 is 11.6 Å². The quantitative estimate of drug-likeness (QED) is 0.627. The van der Waals surface area contributed by atoms with Crippen LogP contribution in [0.4, 0.5) is 0 Å². The van der Waals surface area contributed by atoms with E-state index in [9.17, 15) is 18.0 Å². The molecule has 9 heteroatoms. The highest BCUT2D eigenvalue weighted by molar-refractivity contribution is 7.91. The summed E-state index contributed by atoms with van der Waals surface area (Å²) >= 11 is 5.90. The van der Waals surface area contributed by atoms with Crippen LogP contribution in [0.15, 0.2) is 42.5 Å². The first-order valence-corrected chi connectivity index (χ1v) is 11.5. The zero-order chi connectivity index (χ0) is 21.7. The molecule has 30 heavy (non-hydrogen) atoms. The molecule has 2 aromatic carbocycles. The van der Waals surface area contributed by atoms with Gasteiger partial charge in [0.25, 0.3) is 5.91 Å². The molecule has 0 saturated carbocycles. The van der Waals surface area contributed by atoms with Gasteiger partial charge in [-0.2, -0.15) is 0 Å². The number of sulfone groups is 1. The largest absolute Gasteiger partial charge is 0.488 e. The molecule has 0 radical (unpaired) electrons. The minimum absolute atomic E-state index is 0.0165. The SMILES string of the molecule is COC(=O)Cc1ccc(OCc2ccc(Cl)cc2)c(C(=O)N2CCS(=O)(=O)CC2)c1. The van der Waals surface area contributed by atoms with Gasteiger partial charge in [0.15, 0.2) is 9.84 Å². The number of hydrogen-bond donors (Lipinski definition) is 0. The third-order valence-electron chi connectivity index (χ3n) is 4.79. The molecule has 1 fully saturated rings. The van der Waals surface area contributed by atoms with Crippen LogP contribution < -0.4 is 4.74 Å². The smallest absolute Gasteiger partial charge is 0.309 e. The van der Waals surface area contributed by atoms with Crippen molar-refractivity contribution in [1.82, 2.24) is 4.90 Å². The molecule has 0 N–H and O–H groups in total. The lowest BCUT2D eigenvalue weighted by Gasteiger charge is -2.27. The maximum absolute atomic E-state index is 13.1. The van der Waals surface area contributed by atoms with E-state index in [-0.39, 0.29) is 49.1 Å². The van der Waals surface area contributed by atoms with Gasteiger partial charge in [0.2, 0.25) is 0 Å². The predicted octanol–water partition coefficient (Wildman–Crippen LogP) is 2.51. The van der Waals surface area contributed by atoms with Gasteiger partial charge in [0.1, 0.15) is 12.4 Å². The molecule has 1 saturated heterocycles. The fraction of sp³-hybridized carbons (Fsp3) is 0.333. The van der Waals surface area contributed by atoms with Crippen molar-refractivity contribution in [2.75, 3.05) is 31.7 Å². The first-order chi connectivity index (χ1) is 14.3. The number of carbonyl (C=O) groups excluding carboxylic acids is 2.